The van der Waals surface area contributed by atoms with E-state index in [9.17, 15) is 9.59 Å². The minimum absolute atomic E-state index is 0.0422. The van der Waals surface area contributed by atoms with E-state index in [4.69, 9.17) is 28.3 Å². The lowest BCUT2D eigenvalue weighted by molar-refractivity contribution is 0.0697. The molecule has 2 amide bonds. The lowest BCUT2D eigenvalue weighted by Crippen LogP contribution is -2.24. The normalized spacial score (nSPS) is 10.9. The summed E-state index contributed by atoms with van der Waals surface area (Å²) in [5, 5.41) is 16.5. The van der Waals surface area contributed by atoms with Gasteiger partial charge >= 0.3 is 12.0 Å². The maximum Gasteiger partial charge on any atom is 0.339 e. The SMILES string of the molecule is Cc1cc(/C=N/NC(=O)Nc2ccc(Cl)cc2)c(C)n1-c1ccc(C(=O)O)c(Cl)c1. The van der Waals surface area contributed by atoms with Gasteiger partial charge in [0.15, 0.2) is 0 Å². The maximum absolute atomic E-state index is 12.0. The molecule has 154 valence electrons. The highest BCUT2D eigenvalue weighted by molar-refractivity contribution is 6.33. The number of nitrogens with zero attached hydrogens (tertiary/aromatic N) is 2. The van der Waals surface area contributed by atoms with Crippen LogP contribution in [0.5, 0.6) is 0 Å². The predicted molar refractivity (Wildman–Crippen MR) is 118 cm³/mol. The van der Waals surface area contributed by atoms with Crippen molar-refractivity contribution in [2.75, 3.05) is 5.32 Å². The van der Waals surface area contributed by atoms with Crippen LogP contribution in [0.15, 0.2) is 53.6 Å². The molecule has 3 N–H and O–H groups in total. The summed E-state index contributed by atoms with van der Waals surface area (Å²) in [7, 11) is 0. The van der Waals surface area contributed by atoms with Crippen molar-refractivity contribution in [3.05, 3.63) is 81.1 Å². The third-order valence-corrected chi connectivity index (χ3v) is 4.95. The van der Waals surface area contributed by atoms with Crippen LogP contribution in [0, 0.1) is 13.8 Å². The third-order valence-electron chi connectivity index (χ3n) is 4.38. The van der Waals surface area contributed by atoms with E-state index in [1.807, 2.05) is 24.5 Å². The van der Waals surface area contributed by atoms with Crippen LogP contribution in [-0.2, 0) is 0 Å². The van der Waals surface area contributed by atoms with Gasteiger partial charge in [0.25, 0.3) is 0 Å². The van der Waals surface area contributed by atoms with Crippen LogP contribution in [0.25, 0.3) is 5.69 Å². The zero-order valence-corrected chi connectivity index (χ0v) is 17.6. The molecule has 0 saturated heterocycles. The number of carbonyl (C=O) groups is 2. The Morgan fingerprint density at radius 3 is 2.40 bits per heavy atom. The molecule has 1 heterocycles. The van der Waals surface area contributed by atoms with Crippen molar-refractivity contribution in [2.24, 2.45) is 5.10 Å². The molecule has 7 nitrogen and oxygen atoms in total. The predicted octanol–water partition coefficient (Wildman–Crippen LogP) is 5.25. The van der Waals surface area contributed by atoms with Crippen molar-refractivity contribution < 1.29 is 14.7 Å². The lowest BCUT2D eigenvalue weighted by Gasteiger charge is -2.11. The van der Waals surface area contributed by atoms with Crippen LogP contribution < -0.4 is 10.7 Å². The molecule has 0 bridgehead atoms. The van der Waals surface area contributed by atoms with Crippen molar-refractivity contribution >= 4 is 47.1 Å². The standard InChI is InChI=1S/C21H18Cl2N4O3/c1-12-9-14(11-24-26-21(30)25-16-5-3-15(22)4-6-16)13(2)27(12)17-7-8-18(20(28)29)19(23)10-17/h3-11H,1-2H3,(H,28,29)(H2,25,26,30)/b24-11+. The van der Waals surface area contributed by atoms with Crippen molar-refractivity contribution in [3.8, 4) is 5.69 Å². The molecule has 0 fully saturated rings. The van der Waals surface area contributed by atoms with Crippen LogP contribution in [0.3, 0.4) is 0 Å². The number of urea groups is 1. The molecule has 1 aromatic heterocycles. The molecule has 3 aromatic rings. The summed E-state index contributed by atoms with van der Waals surface area (Å²) in [6.45, 7) is 3.80. The number of hydrogen-bond acceptors (Lipinski definition) is 3. The molecule has 0 atom stereocenters. The van der Waals surface area contributed by atoms with E-state index in [0.29, 0.717) is 10.7 Å². The van der Waals surface area contributed by atoms with Crippen LogP contribution in [0.2, 0.25) is 10.0 Å². The number of carboxylic acids is 1. The number of nitrogens with one attached hydrogen (secondary N) is 2. The Labute approximate surface area is 182 Å². The number of aromatic nitrogens is 1. The highest BCUT2D eigenvalue weighted by atomic mass is 35.5. The fraction of sp³-hybridized carbons (Fsp3) is 0.0952. The Kier molecular flexibility index (Phi) is 6.44. The molecule has 0 spiro atoms. The van der Waals surface area contributed by atoms with Gasteiger partial charge < -0.3 is 15.0 Å². The van der Waals surface area contributed by atoms with Gasteiger partial charge in [0.05, 0.1) is 16.8 Å². The largest absolute Gasteiger partial charge is 0.478 e. The molecular weight excluding hydrogens is 427 g/mol. The van der Waals surface area contributed by atoms with Gasteiger partial charge in [-0.25, -0.2) is 15.0 Å². The van der Waals surface area contributed by atoms with Crippen molar-refractivity contribution in [2.45, 2.75) is 13.8 Å². The highest BCUT2D eigenvalue weighted by Crippen LogP contribution is 2.25. The average molecular weight is 445 g/mol. The van der Waals surface area contributed by atoms with Gasteiger partial charge in [-0.3, -0.25) is 0 Å². The molecule has 30 heavy (non-hydrogen) atoms. The highest BCUT2D eigenvalue weighted by Gasteiger charge is 2.13. The molecular formula is C21H18Cl2N4O3. The molecule has 0 aliphatic heterocycles. The fourth-order valence-corrected chi connectivity index (χ4v) is 3.37. The van der Waals surface area contributed by atoms with Crippen LogP contribution >= 0.6 is 23.2 Å². The number of hydrazone groups is 1. The molecule has 0 aliphatic carbocycles. The zero-order valence-electron chi connectivity index (χ0n) is 16.1. The van der Waals surface area contributed by atoms with E-state index in [0.717, 1.165) is 22.6 Å². The van der Waals surface area contributed by atoms with Gasteiger partial charge in [0, 0.05) is 33.3 Å². The second-order valence-corrected chi connectivity index (χ2v) is 7.31. The van der Waals surface area contributed by atoms with Crippen molar-refractivity contribution in [1.29, 1.82) is 0 Å². The number of carboxylic acid groups (broad SMARTS) is 1. The summed E-state index contributed by atoms with van der Waals surface area (Å²) in [6.07, 6.45) is 1.54. The van der Waals surface area contributed by atoms with Crippen molar-refractivity contribution in [3.63, 3.8) is 0 Å². The number of carbonyl (C=O) groups excluding carboxylic acids is 1. The van der Waals surface area contributed by atoms with E-state index in [2.05, 4.69) is 15.8 Å². The Bertz CT molecular complexity index is 1140. The molecule has 0 unspecified atom stereocenters. The van der Waals surface area contributed by atoms with E-state index < -0.39 is 12.0 Å². The minimum atomic E-state index is -1.08. The Morgan fingerprint density at radius 1 is 1.07 bits per heavy atom. The average Bonchev–Trinajstić information content (AvgIpc) is 2.96. The van der Waals surface area contributed by atoms with Crippen LogP contribution in [0.4, 0.5) is 10.5 Å². The number of hydrogen-bond donors (Lipinski definition) is 3. The molecule has 0 radical (unpaired) electrons. The first-order valence-electron chi connectivity index (χ1n) is 8.84. The molecule has 3 rings (SSSR count). The maximum atomic E-state index is 12.0. The van der Waals surface area contributed by atoms with Crippen LogP contribution in [0.1, 0.15) is 27.3 Å². The first-order valence-corrected chi connectivity index (χ1v) is 9.59. The summed E-state index contributed by atoms with van der Waals surface area (Å²) in [5.41, 5.74) is 6.32. The second kappa shape index (κ2) is 9.02. The topological polar surface area (TPSA) is 95.7 Å². The number of rotatable bonds is 5. The molecule has 9 heteroatoms. The monoisotopic (exact) mass is 444 g/mol. The van der Waals surface area contributed by atoms with Gasteiger partial charge in [-0.1, -0.05) is 23.2 Å². The van der Waals surface area contributed by atoms with Gasteiger partial charge in [-0.2, -0.15) is 5.10 Å². The number of amides is 2. The quantitative estimate of drug-likeness (QED) is 0.370. The summed E-state index contributed by atoms with van der Waals surface area (Å²) in [5.74, 6) is -1.08. The van der Waals surface area contributed by atoms with Gasteiger partial charge in [-0.05, 0) is 62.4 Å². The zero-order chi connectivity index (χ0) is 21.8. The minimum Gasteiger partial charge on any atom is -0.478 e. The number of halogens is 2. The van der Waals surface area contributed by atoms with Crippen LogP contribution in [-0.4, -0.2) is 27.9 Å². The number of benzene rings is 2. The number of anilines is 1. The summed E-state index contributed by atoms with van der Waals surface area (Å²) >= 11 is 11.9. The smallest absolute Gasteiger partial charge is 0.339 e. The van der Waals surface area contributed by atoms with Gasteiger partial charge in [-0.15, -0.1) is 0 Å². The first-order chi connectivity index (χ1) is 14.3. The van der Waals surface area contributed by atoms with E-state index in [1.54, 1.807) is 36.4 Å². The Balaban J connectivity index is 1.73. The van der Waals surface area contributed by atoms with E-state index >= 15 is 0 Å². The number of aromatic carboxylic acids is 1. The fourth-order valence-electron chi connectivity index (χ4n) is 2.98. The second-order valence-electron chi connectivity index (χ2n) is 6.46. The lowest BCUT2D eigenvalue weighted by atomic mass is 10.2. The Hall–Kier alpha value is -3.29. The summed E-state index contributed by atoms with van der Waals surface area (Å²) in [6, 6.07) is 12.9. The number of aryl methyl sites for hydroxylation is 1. The molecule has 0 aliphatic rings. The van der Waals surface area contributed by atoms with Gasteiger partial charge in [0.1, 0.15) is 0 Å². The molecule has 0 saturated carbocycles. The van der Waals surface area contributed by atoms with Crippen molar-refractivity contribution in [1.82, 2.24) is 9.99 Å². The third kappa shape index (κ3) is 4.82. The Morgan fingerprint density at radius 2 is 1.77 bits per heavy atom. The summed E-state index contributed by atoms with van der Waals surface area (Å²) < 4.78 is 1.92. The molecule has 2 aromatic carbocycles. The van der Waals surface area contributed by atoms with E-state index in [1.165, 1.54) is 12.3 Å². The first kappa shape index (κ1) is 21.4. The van der Waals surface area contributed by atoms with E-state index in [-0.39, 0.29) is 10.6 Å². The summed E-state index contributed by atoms with van der Waals surface area (Å²) in [4.78, 5) is 23.1. The van der Waals surface area contributed by atoms with Gasteiger partial charge in [0.2, 0.25) is 0 Å².